The summed E-state index contributed by atoms with van der Waals surface area (Å²) in [6.07, 6.45) is -8.11. The Labute approximate surface area is 729 Å². The number of rotatable bonds is 21. The Morgan fingerprint density at radius 2 is 1.03 bits per heavy atom. The highest BCUT2D eigenvalue weighted by Crippen LogP contribution is 2.47. The number of methoxy groups -OCH3 is 1. The maximum absolute atomic E-state index is 16.4. The van der Waals surface area contributed by atoms with Gasteiger partial charge < -0.3 is 70.4 Å². The molecule has 5 saturated heterocycles. The normalized spacial score (nSPS) is 18.8. The quantitative estimate of drug-likeness (QED) is 0.0444. The number of carbonyl (C=O) groups is 3. The van der Waals surface area contributed by atoms with E-state index in [2.05, 4.69) is 76.3 Å². The molecule has 674 valence electrons. The van der Waals surface area contributed by atoms with Crippen LogP contribution in [-0.4, -0.2) is 262 Å². The number of benzene rings is 3. The topological polar surface area (TPSA) is 311 Å². The molecule has 5 unspecified atom stereocenters. The van der Waals surface area contributed by atoms with Gasteiger partial charge in [-0.1, -0.05) is 49.9 Å². The number of pyridine rings is 3. The standard InChI is InChI=1S/C30H34F5N7O2.C29H33ClF3N7O3.C26H29ClF3N7O2/c1-6-22(43)41-7-8-42(17(4)13-41)28-19-11-20(31)23(27-24(30(33,34)35)16(3)10-21(36)37-27)25(32)26(19)38-29(39-28)44-14-18-9-15(2)12-40(18)5;1-4-25(41)39-9-11-40(12-10-39)27-20-13-22(30)19(26-21(29(31,32)33)7-8-24(34)36-26)14-23(20)35-28(37-27)43-16-18-6-5-17(15-42-3)38(18)2;1-5-22(38)36-8-10-37(11-9-36)24-17-12-19(27)16(23-18(26(28,29)30)6-7-21(31)33-23)13-20(17)32-25(34-24)39-15(2)14-35(3)4/h6,10-11,15,17-18H,1,7-9,12-14H2,2-5H3,(H2,36,37);4,7-8,13-14,17-18H,1,5-6,9-12,15-16H2,2-3H3,(H2,34,36);5-7,12-13,15H,1,8-11,14H2,2-4H3,(H2,31,33)/t;;15-/m..0/s1. The van der Waals surface area contributed by atoms with Gasteiger partial charge in [0, 0.05) is 144 Å². The second kappa shape index (κ2) is 38.8. The summed E-state index contributed by atoms with van der Waals surface area (Å²) in [5.41, 5.74) is 11.2. The highest BCUT2D eigenvalue weighted by Gasteiger charge is 2.42. The summed E-state index contributed by atoms with van der Waals surface area (Å²) in [5.74, 6) is -2.11. The fraction of sp³-hybridized carbons (Fsp3) is 0.435. The molecule has 6 atom stereocenters. The van der Waals surface area contributed by atoms with Crippen LogP contribution in [0.3, 0.4) is 0 Å². The van der Waals surface area contributed by atoms with E-state index in [1.807, 2.05) is 56.7 Å². The number of amides is 3. The number of likely N-dealkylation sites (tertiary alicyclic amines) is 2. The van der Waals surface area contributed by atoms with E-state index in [4.69, 9.17) is 64.3 Å². The molecule has 0 spiro atoms. The highest BCUT2D eigenvalue weighted by atomic mass is 35.5. The van der Waals surface area contributed by atoms with Gasteiger partial charge in [-0.05, 0) is 159 Å². The minimum atomic E-state index is -4.97. The Hall–Kier alpha value is -11.4. The van der Waals surface area contributed by atoms with Gasteiger partial charge in [0.15, 0.2) is 5.82 Å². The number of alkyl halides is 9. The third-order valence-electron chi connectivity index (χ3n) is 22.5. The predicted molar refractivity (Wildman–Crippen MR) is 459 cm³/mol. The number of nitrogen functional groups attached to an aromatic ring is 3. The van der Waals surface area contributed by atoms with Crippen molar-refractivity contribution in [2.45, 2.75) is 95.8 Å². The summed E-state index contributed by atoms with van der Waals surface area (Å²) in [6.45, 7) is 24.6. The number of hydrogen-bond donors (Lipinski definition) is 3. The molecule has 0 bridgehead atoms. The van der Waals surface area contributed by atoms with Gasteiger partial charge in [0.05, 0.1) is 67.0 Å². The molecule has 14 rings (SSSR count). The van der Waals surface area contributed by atoms with Crippen molar-refractivity contribution in [1.29, 1.82) is 0 Å². The zero-order valence-corrected chi connectivity index (χ0v) is 72.1. The van der Waals surface area contributed by atoms with Crippen molar-refractivity contribution >= 4 is 109 Å². The van der Waals surface area contributed by atoms with E-state index in [1.165, 1.54) is 42.5 Å². The zero-order valence-electron chi connectivity index (χ0n) is 70.6. The average molecular weight is 1800 g/mol. The minimum Gasteiger partial charge on any atom is -0.462 e. The SMILES string of the molecule is C=CC(=O)N1CCN(c2nc(OCC3CC(C)CN3C)nc3c(F)c(-c4nc(N)cc(C)c4C(F)(F)F)c(F)cc23)C(C)C1.C=CC(=O)N1CCN(c2nc(OCC3CCC(COC)N3C)nc3cc(-c4nc(N)ccc4C(F)(F)F)c(Cl)cc23)CC1.C=CC(=O)N1CCN(c2nc(O[C@@H](C)CN(C)C)nc3cc(-c4nc(N)ccc4C(F)(F)F)c(Cl)cc23)CC1. The smallest absolute Gasteiger partial charge is 0.418 e. The van der Waals surface area contributed by atoms with Gasteiger partial charge in [0.1, 0.15) is 65.6 Å². The van der Waals surface area contributed by atoms with E-state index in [1.54, 1.807) is 26.7 Å². The largest absolute Gasteiger partial charge is 0.462 e. The second-order valence-electron chi connectivity index (χ2n) is 31.8. The first-order chi connectivity index (χ1) is 59.5. The molecule has 9 aromatic rings. The fourth-order valence-corrected chi connectivity index (χ4v) is 16.9. The number of halogens is 13. The Balaban J connectivity index is 0.000000172. The molecule has 41 heteroatoms. The Morgan fingerprint density at radius 3 is 1.51 bits per heavy atom. The van der Waals surface area contributed by atoms with Crippen LogP contribution in [0.25, 0.3) is 66.5 Å². The number of aromatic nitrogens is 9. The van der Waals surface area contributed by atoms with Crippen LogP contribution in [0.5, 0.6) is 18.0 Å². The Morgan fingerprint density at radius 1 is 0.563 bits per heavy atom. The average Bonchev–Trinajstić information content (AvgIpc) is 1.41. The van der Waals surface area contributed by atoms with E-state index < -0.39 is 75.0 Å². The number of aryl methyl sites for hydroxylation is 1. The molecular formula is C85H96Cl2F11N21O7. The summed E-state index contributed by atoms with van der Waals surface area (Å²) in [5, 5.41) is 1.06. The maximum Gasteiger partial charge on any atom is 0.418 e. The van der Waals surface area contributed by atoms with Crippen LogP contribution < -0.4 is 46.1 Å². The van der Waals surface area contributed by atoms with Crippen LogP contribution in [0.15, 0.2) is 98.6 Å². The van der Waals surface area contributed by atoms with Gasteiger partial charge >= 0.3 is 36.6 Å². The first-order valence-corrected chi connectivity index (χ1v) is 41.1. The molecule has 28 nitrogen and oxygen atoms in total. The number of carbonyl (C=O) groups excluding carboxylic acids is 3. The van der Waals surface area contributed by atoms with Gasteiger partial charge in [-0.25, -0.2) is 23.7 Å². The van der Waals surface area contributed by atoms with Crippen LogP contribution >= 0.6 is 23.2 Å². The van der Waals surface area contributed by atoms with E-state index in [-0.39, 0.29) is 148 Å². The van der Waals surface area contributed by atoms with Crippen molar-refractivity contribution in [2.24, 2.45) is 5.92 Å². The lowest BCUT2D eigenvalue weighted by atomic mass is 9.98. The molecule has 0 radical (unpaired) electrons. The van der Waals surface area contributed by atoms with Crippen LogP contribution in [0.1, 0.15) is 62.3 Å². The van der Waals surface area contributed by atoms with Crippen molar-refractivity contribution in [2.75, 3.05) is 172 Å². The molecule has 0 saturated carbocycles. The number of likely N-dealkylation sites (N-methyl/N-ethyl adjacent to an activating group) is 3. The molecular weight excluding hydrogens is 1710 g/mol. The zero-order chi connectivity index (χ0) is 91.5. The number of piperazine rings is 3. The molecule has 6 aromatic heterocycles. The lowest BCUT2D eigenvalue weighted by molar-refractivity contribution is -0.138. The summed E-state index contributed by atoms with van der Waals surface area (Å²) in [6, 6.07) is 11.9. The van der Waals surface area contributed by atoms with Crippen molar-refractivity contribution < 1.29 is 81.6 Å². The van der Waals surface area contributed by atoms with Crippen molar-refractivity contribution in [3.63, 3.8) is 0 Å². The van der Waals surface area contributed by atoms with Crippen LogP contribution in [0, 0.1) is 24.5 Å². The first kappa shape index (κ1) is 93.8. The van der Waals surface area contributed by atoms with Gasteiger partial charge in [0.2, 0.25) is 17.7 Å². The predicted octanol–water partition coefficient (Wildman–Crippen LogP) is 13.2. The summed E-state index contributed by atoms with van der Waals surface area (Å²) in [4.78, 5) is 92.3. The lowest BCUT2D eigenvalue weighted by Gasteiger charge is -2.40. The Kier molecular flexibility index (Phi) is 28.9. The highest BCUT2D eigenvalue weighted by molar-refractivity contribution is 6.35. The third-order valence-corrected chi connectivity index (χ3v) is 23.2. The second-order valence-corrected chi connectivity index (χ2v) is 32.6. The van der Waals surface area contributed by atoms with Crippen LogP contribution in [0.4, 0.5) is 83.2 Å². The fourth-order valence-electron chi connectivity index (χ4n) is 16.3. The molecule has 126 heavy (non-hydrogen) atoms. The number of nitrogens with zero attached hydrogens (tertiary/aromatic N) is 18. The molecule has 5 aliphatic heterocycles. The van der Waals surface area contributed by atoms with Gasteiger partial charge in [-0.2, -0.15) is 69.4 Å². The van der Waals surface area contributed by atoms with Gasteiger partial charge in [0.25, 0.3) is 0 Å². The molecule has 0 aliphatic carbocycles. The lowest BCUT2D eigenvalue weighted by Crippen LogP contribution is -2.53. The number of hydrogen-bond acceptors (Lipinski definition) is 25. The van der Waals surface area contributed by atoms with Crippen molar-refractivity contribution in [3.8, 4) is 51.8 Å². The number of anilines is 6. The van der Waals surface area contributed by atoms with Crippen LogP contribution in [-0.2, 0) is 37.6 Å². The third kappa shape index (κ3) is 21.1. The van der Waals surface area contributed by atoms with Crippen LogP contribution in [0.2, 0.25) is 10.0 Å². The van der Waals surface area contributed by atoms with E-state index in [0.717, 1.165) is 69.1 Å². The Bertz CT molecular complexity index is 5590. The maximum atomic E-state index is 16.4. The molecule has 3 aromatic carbocycles. The summed E-state index contributed by atoms with van der Waals surface area (Å²) < 4.78 is 181. The summed E-state index contributed by atoms with van der Waals surface area (Å²) >= 11 is 13.2. The molecule has 5 fully saturated rings. The number of nitrogens with two attached hydrogens (primary N) is 3. The number of ether oxygens (including phenoxy) is 4. The van der Waals surface area contributed by atoms with E-state index in [9.17, 15) is 53.9 Å². The molecule has 6 N–H and O–H groups in total. The monoisotopic (exact) mass is 1800 g/mol. The number of fused-ring (bicyclic) bond motifs is 3. The summed E-state index contributed by atoms with van der Waals surface area (Å²) in [7, 11) is 9.46. The van der Waals surface area contributed by atoms with E-state index in [0.29, 0.717) is 111 Å². The van der Waals surface area contributed by atoms with Gasteiger partial charge in [-0.3, -0.25) is 24.2 Å². The molecule has 3 amide bonds. The van der Waals surface area contributed by atoms with Gasteiger partial charge in [-0.15, -0.1) is 0 Å². The van der Waals surface area contributed by atoms with E-state index >= 15 is 8.78 Å². The van der Waals surface area contributed by atoms with Crippen molar-refractivity contribution in [3.05, 3.63) is 143 Å². The van der Waals surface area contributed by atoms with Crippen molar-refractivity contribution in [1.82, 2.24) is 74.3 Å². The minimum absolute atomic E-state index is 0.0298. The molecule has 11 heterocycles. The first-order valence-electron chi connectivity index (χ1n) is 40.3. The molecule has 5 aliphatic rings.